The quantitative estimate of drug-likeness (QED) is 0.224. The van der Waals surface area contributed by atoms with Crippen molar-refractivity contribution in [2.45, 2.75) is 6.92 Å². The van der Waals surface area contributed by atoms with Crippen molar-refractivity contribution in [1.82, 2.24) is 0 Å². The van der Waals surface area contributed by atoms with Crippen LogP contribution < -0.4 is 4.57 Å². The Morgan fingerprint density at radius 3 is 2.05 bits per heavy atom. The van der Waals surface area contributed by atoms with Crippen molar-refractivity contribution < 1.29 is 8.98 Å². The van der Waals surface area contributed by atoms with Gasteiger partial charge in [0.2, 0.25) is 5.52 Å². The first-order chi connectivity index (χ1) is 18.6. The van der Waals surface area contributed by atoms with E-state index in [1.165, 1.54) is 10.2 Å². The van der Waals surface area contributed by atoms with E-state index in [2.05, 4.69) is 97.4 Å². The van der Waals surface area contributed by atoms with Gasteiger partial charge in [-0.2, -0.15) is 9.83 Å². The van der Waals surface area contributed by atoms with Gasteiger partial charge in [0.1, 0.15) is 22.9 Å². The van der Waals surface area contributed by atoms with Gasteiger partial charge in [-0.1, -0.05) is 90.2 Å². The van der Waals surface area contributed by atoms with Gasteiger partial charge in [0.05, 0.1) is 11.6 Å². The number of thiazole rings is 1. The molecule has 0 unspecified atom stereocenters. The van der Waals surface area contributed by atoms with Crippen LogP contribution in [0.2, 0.25) is 0 Å². The summed E-state index contributed by atoms with van der Waals surface area (Å²) < 4.78 is 10.2. The minimum atomic E-state index is 0.606. The van der Waals surface area contributed by atoms with Gasteiger partial charge < -0.3 is 4.42 Å². The van der Waals surface area contributed by atoms with Crippen LogP contribution in [0.15, 0.2) is 108 Å². The predicted octanol–water partition coefficient (Wildman–Crippen LogP) is 8.81. The van der Waals surface area contributed by atoms with E-state index in [-0.39, 0.29) is 0 Å². The zero-order valence-corrected chi connectivity index (χ0v) is 21.8. The molecule has 2 aromatic heterocycles. The fourth-order valence-corrected chi connectivity index (χ4v) is 6.68. The average Bonchev–Trinajstić information content (AvgIpc) is 3.50. The molecule has 180 valence electrons. The van der Waals surface area contributed by atoms with Gasteiger partial charge in [-0.15, -0.1) is 0 Å². The minimum absolute atomic E-state index is 0.606. The van der Waals surface area contributed by atoms with Crippen LogP contribution in [-0.2, 0) is 7.05 Å². The third kappa shape index (κ3) is 3.37. The summed E-state index contributed by atoms with van der Waals surface area (Å²) >= 11 is 1.77. The van der Waals surface area contributed by atoms with Crippen molar-refractivity contribution in [3.63, 3.8) is 0 Å². The number of aryl methyl sites for hydroxylation is 2. The Kier molecular flexibility index (Phi) is 5.14. The van der Waals surface area contributed by atoms with Crippen molar-refractivity contribution in [1.29, 1.82) is 5.26 Å². The number of hydrogen-bond acceptors (Lipinski definition) is 3. The van der Waals surface area contributed by atoms with Gasteiger partial charge in [-0.25, -0.2) is 0 Å². The molecule has 38 heavy (non-hydrogen) atoms. The molecule has 0 amide bonds. The van der Waals surface area contributed by atoms with E-state index in [0.29, 0.717) is 5.56 Å². The minimum Gasteiger partial charge on any atom is -0.454 e. The zero-order chi connectivity index (χ0) is 25.8. The van der Waals surface area contributed by atoms with Gasteiger partial charge in [0.25, 0.3) is 5.01 Å². The van der Waals surface area contributed by atoms with Gasteiger partial charge in [-0.05, 0) is 47.4 Å². The molecule has 0 radical (unpaired) electrons. The maximum atomic E-state index is 10.0. The lowest BCUT2D eigenvalue weighted by molar-refractivity contribution is -0.629. The smallest absolute Gasteiger partial charge is 0.273 e. The number of hydrogen-bond donors (Lipinski definition) is 0. The summed E-state index contributed by atoms with van der Waals surface area (Å²) in [5.41, 5.74) is 9.79. The molecule has 0 aliphatic rings. The summed E-state index contributed by atoms with van der Waals surface area (Å²) in [7, 11) is 2.11. The summed E-state index contributed by atoms with van der Waals surface area (Å²) in [6.07, 6.45) is 0. The first-order valence-corrected chi connectivity index (χ1v) is 13.4. The molecular formula is C34H23N2OS+. The maximum Gasteiger partial charge on any atom is 0.273 e. The molecule has 0 fully saturated rings. The van der Waals surface area contributed by atoms with Crippen LogP contribution in [0.25, 0.3) is 65.0 Å². The summed E-state index contributed by atoms with van der Waals surface area (Å²) in [6, 6.07) is 37.8. The predicted molar refractivity (Wildman–Crippen MR) is 156 cm³/mol. The Morgan fingerprint density at radius 1 is 0.684 bits per heavy atom. The zero-order valence-electron chi connectivity index (χ0n) is 21.0. The van der Waals surface area contributed by atoms with E-state index in [0.717, 1.165) is 60.3 Å². The van der Waals surface area contributed by atoms with E-state index < -0.39 is 0 Å². The first kappa shape index (κ1) is 22.5. The van der Waals surface area contributed by atoms with Crippen molar-refractivity contribution in [2.24, 2.45) is 7.05 Å². The van der Waals surface area contributed by atoms with Gasteiger partial charge >= 0.3 is 0 Å². The number of fused-ring (bicyclic) bond motifs is 4. The lowest BCUT2D eigenvalue weighted by Crippen LogP contribution is -2.28. The second kappa shape index (κ2) is 8.69. The SMILES string of the molecule is Cc1ccc2c(oc3c(-c4ccc(-c5ccccc5)cc4)c(C#N)ccc32)c1-c1sc2ccccc2[n+]1C. The summed E-state index contributed by atoms with van der Waals surface area (Å²) in [6.45, 7) is 2.14. The molecule has 7 aromatic rings. The van der Waals surface area contributed by atoms with Crippen molar-refractivity contribution in [3.8, 4) is 38.9 Å². The summed E-state index contributed by atoms with van der Waals surface area (Å²) in [4.78, 5) is 0. The van der Waals surface area contributed by atoms with E-state index in [1.54, 1.807) is 11.3 Å². The largest absolute Gasteiger partial charge is 0.454 e. The van der Waals surface area contributed by atoms with Gasteiger partial charge in [0.15, 0.2) is 5.58 Å². The van der Waals surface area contributed by atoms with Crippen LogP contribution in [0.3, 0.4) is 0 Å². The Hall–Kier alpha value is -4.72. The molecule has 0 atom stereocenters. The molecular weight excluding hydrogens is 484 g/mol. The summed E-state index contributed by atoms with van der Waals surface area (Å²) in [5, 5.41) is 13.3. The highest BCUT2D eigenvalue weighted by atomic mass is 32.1. The van der Waals surface area contributed by atoms with Crippen LogP contribution in [0.4, 0.5) is 0 Å². The van der Waals surface area contributed by atoms with E-state index >= 15 is 0 Å². The van der Waals surface area contributed by atoms with Crippen LogP contribution in [0.1, 0.15) is 11.1 Å². The fourth-order valence-electron chi connectivity index (χ4n) is 5.43. The Balaban J connectivity index is 1.48. The molecule has 0 spiro atoms. The van der Waals surface area contributed by atoms with Crippen LogP contribution in [-0.4, -0.2) is 0 Å². The molecule has 0 N–H and O–H groups in total. The van der Waals surface area contributed by atoms with Gasteiger partial charge in [0, 0.05) is 22.4 Å². The average molecular weight is 508 g/mol. The first-order valence-electron chi connectivity index (χ1n) is 12.6. The highest BCUT2D eigenvalue weighted by Gasteiger charge is 2.26. The molecule has 3 nitrogen and oxygen atoms in total. The van der Waals surface area contributed by atoms with Crippen LogP contribution >= 0.6 is 11.3 Å². The molecule has 2 heterocycles. The standard InChI is InChI=1S/C34H23N2OS/c1-21-12-18-26-27-19-17-25(20-35)31(24-15-13-23(14-16-24)22-8-4-3-5-9-22)33(27)37-32(26)30(21)34-36(2)28-10-6-7-11-29(28)38-34/h3-19H,1-2H3/q+1. The van der Waals surface area contributed by atoms with E-state index in [9.17, 15) is 5.26 Å². The second-order valence-electron chi connectivity index (χ2n) is 9.59. The molecule has 0 saturated carbocycles. The van der Waals surface area contributed by atoms with Gasteiger partial charge in [-0.3, -0.25) is 0 Å². The Bertz CT molecular complexity index is 2040. The van der Waals surface area contributed by atoms with Crippen LogP contribution in [0.5, 0.6) is 0 Å². The van der Waals surface area contributed by atoms with Crippen molar-refractivity contribution >= 4 is 43.5 Å². The van der Waals surface area contributed by atoms with E-state index in [1.807, 2.05) is 30.3 Å². The third-order valence-electron chi connectivity index (χ3n) is 7.37. The topological polar surface area (TPSA) is 40.8 Å². The summed E-state index contributed by atoms with van der Waals surface area (Å²) in [5.74, 6) is 0. The molecule has 0 aliphatic heterocycles. The molecule has 0 saturated heterocycles. The third-order valence-corrected chi connectivity index (χ3v) is 8.61. The lowest BCUT2D eigenvalue weighted by atomic mass is 9.95. The molecule has 5 aromatic carbocycles. The van der Waals surface area contributed by atoms with Crippen molar-refractivity contribution in [3.05, 3.63) is 114 Å². The molecule has 7 rings (SSSR count). The highest BCUT2D eigenvalue weighted by molar-refractivity contribution is 7.21. The number of nitrogens with zero attached hydrogens (tertiary/aromatic N) is 2. The second-order valence-corrected chi connectivity index (χ2v) is 10.6. The van der Waals surface area contributed by atoms with Crippen molar-refractivity contribution in [2.75, 3.05) is 0 Å². The molecule has 0 aliphatic carbocycles. The number of para-hydroxylation sites is 1. The highest BCUT2D eigenvalue weighted by Crippen LogP contribution is 2.43. The number of aromatic nitrogens is 1. The maximum absolute atomic E-state index is 10.0. The fraction of sp³-hybridized carbons (Fsp3) is 0.0588. The number of benzene rings is 5. The molecule has 4 heteroatoms. The number of furan rings is 1. The van der Waals surface area contributed by atoms with E-state index in [4.69, 9.17) is 4.42 Å². The number of rotatable bonds is 3. The van der Waals surface area contributed by atoms with Crippen LogP contribution in [0, 0.1) is 18.3 Å². The Labute approximate surface area is 224 Å². The number of nitriles is 1. The lowest BCUT2D eigenvalue weighted by Gasteiger charge is -2.07. The molecule has 0 bridgehead atoms. The monoisotopic (exact) mass is 507 g/mol. The Morgan fingerprint density at radius 2 is 1.32 bits per heavy atom. The normalized spacial score (nSPS) is 11.4.